The van der Waals surface area contributed by atoms with Crippen molar-refractivity contribution in [3.8, 4) is 5.75 Å². The van der Waals surface area contributed by atoms with Crippen LogP contribution in [0.25, 0.3) is 0 Å². The molecule has 11 heteroatoms. The van der Waals surface area contributed by atoms with Crippen LogP contribution in [0.4, 0.5) is 5.69 Å². The molecule has 0 atom stereocenters. The van der Waals surface area contributed by atoms with E-state index in [4.69, 9.17) is 9.84 Å². The van der Waals surface area contributed by atoms with Crippen LogP contribution in [-0.2, 0) is 14.8 Å². The number of ether oxygens (including phenoxy) is 1. The Bertz CT molecular complexity index is 1050. The summed E-state index contributed by atoms with van der Waals surface area (Å²) in [5.41, 5.74) is 2.27. The van der Waals surface area contributed by atoms with Gasteiger partial charge in [0.25, 0.3) is 15.9 Å². The number of amides is 2. The third-order valence-corrected chi connectivity index (χ3v) is 4.78. The zero-order valence-electron chi connectivity index (χ0n) is 15.6. The lowest BCUT2D eigenvalue weighted by molar-refractivity contribution is -0.114. The van der Waals surface area contributed by atoms with Gasteiger partial charge in [-0.1, -0.05) is 6.07 Å². The van der Waals surface area contributed by atoms with Crippen molar-refractivity contribution in [2.24, 2.45) is 0 Å². The zero-order valence-corrected chi connectivity index (χ0v) is 16.4. The second-order valence-electron chi connectivity index (χ2n) is 5.72. The molecule has 10 nitrogen and oxygen atoms in total. The Kier molecular flexibility index (Phi) is 6.91. The molecule has 0 spiro atoms. The molecule has 4 N–H and O–H groups in total. The van der Waals surface area contributed by atoms with Crippen molar-refractivity contribution >= 4 is 33.5 Å². The Labute approximate surface area is 166 Å². The van der Waals surface area contributed by atoms with E-state index in [2.05, 4.69) is 10.7 Å². The minimum atomic E-state index is -4.21. The molecule has 0 aliphatic carbocycles. The maximum absolute atomic E-state index is 12.4. The molecule has 0 saturated carbocycles. The highest BCUT2D eigenvalue weighted by Crippen LogP contribution is 2.23. The van der Waals surface area contributed by atoms with Crippen LogP contribution in [0.2, 0.25) is 0 Å². The first-order valence-corrected chi connectivity index (χ1v) is 9.82. The fourth-order valence-corrected chi connectivity index (χ4v) is 3.19. The van der Waals surface area contributed by atoms with E-state index in [0.29, 0.717) is 5.69 Å². The minimum absolute atomic E-state index is 0.0305. The van der Waals surface area contributed by atoms with Crippen LogP contribution in [0, 0.1) is 0 Å². The second kappa shape index (κ2) is 9.17. The normalized spacial score (nSPS) is 10.8. The molecule has 2 amide bonds. The smallest absolute Gasteiger partial charge is 0.335 e. The first-order valence-electron chi connectivity index (χ1n) is 8.34. The van der Waals surface area contributed by atoms with Gasteiger partial charge in [-0.25, -0.2) is 13.2 Å². The van der Waals surface area contributed by atoms with Gasteiger partial charge in [-0.3, -0.25) is 15.0 Å². The highest BCUT2D eigenvalue weighted by atomic mass is 32.2. The molecular formula is C18H19N3O7S. The lowest BCUT2D eigenvalue weighted by Gasteiger charge is -2.13. The molecule has 0 bridgehead atoms. The fourth-order valence-electron chi connectivity index (χ4n) is 2.30. The van der Waals surface area contributed by atoms with Gasteiger partial charge in [0, 0.05) is 18.7 Å². The number of carbonyl (C=O) groups is 3. The van der Waals surface area contributed by atoms with Gasteiger partial charge in [0.05, 0.1) is 22.6 Å². The summed E-state index contributed by atoms with van der Waals surface area (Å²) in [6, 6.07) is 8.93. The average Bonchev–Trinajstić information content (AvgIpc) is 2.66. The van der Waals surface area contributed by atoms with Gasteiger partial charge in [0.2, 0.25) is 5.91 Å². The number of carboxylic acid groups (broad SMARTS) is 1. The van der Waals surface area contributed by atoms with Crippen LogP contribution in [-0.4, -0.2) is 37.9 Å². The van der Waals surface area contributed by atoms with Gasteiger partial charge >= 0.3 is 5.97 Å². The SMILES string of the molecule is CCOc1cc(NC(C)=O)ccc1C(=O)NNS(=O)(=O)c1cccc(C(=O)O)c1. The van der Waals surface area contributed by atoms with Crippen LogP contribution >= 0.6 is 0 Å². The van der Waals surface area contributed by atoms with Gasteiger partial charge in [-0.15, -0.1) is 4.83 Å². The van der Waals surface area contributed by atoms with E-state index in [1.807, 2.05) is 4.83 Å². The molecule has 0 aromatic heterocycles. The molecule has 2 aromatic rings. The predicted octanol–water partition coefficient (Wildman–Crippen LogP) is 1.37. The van der Waals surface area contributed by atoms with Crippen molar-refractivity contribution in [2.45, 2.75) is 18.7 Å². The van der Waals surface area contributed by atoms with E-state index >= 15 is 0 Å². The number of nitrogens with one attached hydrogen (secondary N) is 3. The summed E-state index contributed by atoms with van der Waals surface area (Å²) in [6.07, 6.45) is 0. The van der Waals surface area contributed by atoms with Crippen LogP contribution in [0.1, 0.15) is 34.6 Å². The van der Waals surface area contributed by atoms with Crippen molar-refractivity contribution < 1.29 is 32.6 Å². The first-order chi connectivity index (χ1) is 13.6. The molecular weight excluding hydrogens is 402 g/mol. The fraction of sp³-hybridized carbons (Fsp3) is 0.167. The van der Waals surface area contributed by atoms with Crippen LogP contribution in [0.5, 0.6) is 5.75 Å². The summed E-state index contributed by atoms with van der Waals surface area (Å²) < 4.78 is 30.0. The number of aromatic carboxylic acids is 1. The largest absolute Gasteiger partial charge is 0.493 e. The maximum Gasteiger partial charge on any atom is 0.335 e. The van der Waals surface area contributed by atoms with Crippen molar-refractivity contribution in [3.63, 3.8) is 0 Å². The van der Waals surface area contributed by atoms with E-state index in [1.165, 1.54) is 43.3 Å². The summed E-state index contributed by atoms with van der Waals surface area (Å²) in [4.78, 5) is 36.2. The summed E-state index contributed by atoms with van der Waals surface area (Å²) in [6.45, 7) is 3.26. The minimum Gasteiger partial charge on any atom is -0.493 e. The molecule has 0 radical (unpaired) electrons. The second-order valence-corrected chi connectivity index (χ2v) is 7.40. The number of hydrazine groups is 1. The zero-order chi connectivity index (χ0) is 21.6. The van der Waals surface area contributed by atoms with Crippen molar-refractivity contribution in [1.82, 2.24) is 10.3 Å². The third kappa shape index (κ3) is 5.77. The van der Waals surface area contributed by atoms with Crippen LogP contribution in [0.15, 0.2) is 47.4 Å². The van der Waals surface area contributed by atoms with E-state index in [0.717, 1.165) is 6.07 Å². The Morgan fingerprint density at radius 1 is 1.10 bits per heavy atom. The number of hydrogen-bond donors (Lipinski definition) is 4. The molecule has 0 saturated heterocycles. The number of sulfonamides is 1. The summed E-state index contributed by atoms with van der Waals surface area (Å²) >= 11 is 0. The summed E-state index contributed by atoms with van der Waals surface area (Å²) in [7, 11) is -4.21. The number of anilines is 1. The maximum atomic E-state index is 12.4. The van der Waals surface area contributed by atoms with Crippen LogP contribution in [0.3, 0.4) is 0 Å². The Morgan fingerprint density at radius 2 is 1.83 bits per heavy atom. The molecule has 0 fully saturated rings. The third-order valence-electron chi connectivity index (χ3n) is 3.54. The highest BCUT2D eigenvalue weighted by molar-refractivity contribution is 7.89. The van der Waals surface area contributed by atoms with Crippen molar-refractivity contribution in [3.05, 3.63) is 53.6 Å². The predicted molar refractivity (Wildman–Crippen MR) is 103 cm³/mol. The number of hydrogen-bond acceptors (Lipinski definition) is 6. The average molecular weight is 421 g/mol. The first kappa shape index (κ1) is 21.9. The topological polar surface area (TPSA) is 151 Å². The molecule has 154 valence electrons. The lowest BCUT2D eigenvalue weighted by Crippen LogP contribution is -2.41. The van der Waals surface area contributed by atoms with Crippen molar-refractivity contribution in [1.29, 1.82) is 0 Å². The Morgan fingerprint density at radius 3 is 2.45 bits per heavy atom. The molecule has 0 aliphatic rings. The van der Waals surface area contributed by atoms with Gasteiger partial charge < -0.3 is 15.2 Å². The van der Waals surface area contributed by atoms with Gasteiger partial charge in [-0.05, 0) is 37.3 Å². The number of rotatable bonds is 8. The number of carboxylic acids is 1. The van der Waals surface area contributed by atoms with Gasteiger partial charge in [-0.2, -0.15) is 0 Å². The lowest BCUT2D eigenvalue weighted by atomic mass is 10.1. The Hall–Kier alpha value is -3.44. The molecule has 0 aliphatic heterocycles. The molecule has 0 heterocycles. The molecule has 2 rings (SSSR count). The number of benzene rings is 2. The monoisotopic (exact) mass is 421 g/mol. The molecule has 0 unspecified atom stereocenters. The quantitative estimate of drug-likeness (QED) is 0.470. The van der Waals surface area contributed by atoms with E-state index in [-0.39, 0.29) is 34.3 Å². The van der Waals surface area contributed by atoms with Crippen LogP contribution < -0.4 is 20.3 Å². The highest BCUT2D eigenvalue weighted by Gasteiger charge is 2.19. The van der Waals surface area contributed by atoms with E-state index in [9.17, 15) is 22.8 Å². The summed E-state index contributed by atoms with van der Waals surface area (Å²) in [5.74, 6) is -2.25. The van der Waals surface area contributed by atoms with E-state index < -0.39 is 21.9 Å². The van der Waals surface area contributed by atoms with Crippen molar-refractivity contribution in [2.75, 3.05) is 11.9 Å². The van der Waals surface area contributed by atoms with E-state index in [1.54, 1.807) is 6.92 Å². The van der Waals surface area contributed by atoms with Gasteiger partial charge in [0.1, 0.15) is 5.75 Å². The summed E-state index contributed by atoms with van der Waals surface area (Å²) in [5, 5.41) is 11.5. The number of carbonyl (C=O) groups excluding carboxylic acids is 2. The molecule has 29 heavy (non-hydrogen) atoms. The Balaban J connectivity index is 2.20. The molecule has 2 aromatic carbocycles. The standard InChI is InChI=1S/C18H19N3O7S/c1-3-28-16-10-13(19-11(2)22)7-8-15(16)17(23)20-21-29(26,27)14-6-4-5-12(9-14)18(24)25/h4-10,21H,3H2,1-2H3,(H,19,22)(H,20,23)(H,24,25). The van der Waals surface area contributed by atoms with Gasteiger partial charge in [0.15, 0.2) is 0 Å².